The van der Waals surface area contributed by atoms with Gasteiger partial charge in [0.05, 0.1) is 20.1 Å². The molecule has 0 N–H and O–H groups in total. The van der Waals surface area contributed by atoms with Crippen LogP contribution >= 0.6 is 0 Å². The van der Waals surface area contributed by atoms with Crippen LogP contribution in [0.25, 0.3) is 0 Å². The van der Waals surface area contributed by atoms with Gasteiger partial charge in [-0.2, -0.15) is 0 Å². The second-order valence-corrected chi connectivity index (χ2v) is 4.52. The van der Waals surface area contributed by atoms with E-state index in [1.807, 2.05) is 24.3 Å². The Morgan fingerprint density at radius 3 is 2.47 bits per heavy atom. The summed E-state index contributed by atoms with van der Waals surface area (Å²) in [5.74, 6) is 1.13. The molecule has 0 aliphatic heterocycles. The molecule has 0 aromatic heterocycles. The van der Waals surface area contributed by atoms with Gasteiger partial charge >= 0.3 is 0 Å². The maximum absolute atomic E-state index is 11.1. The molecule has 0 radical (unpaired) electrons. The second-order valence-electron chi connectivity index (χ2n) is 4.52. The van der Waals surface area contributed by atoms with Crippen molar-refractivity contribution in [1.29, 1.82) is 0 Å². The first-order valence-corrected chi connectivity index (χ1v) is 6.17. The Hall–Kier alpha value is -2.04. The third-order valence-corrected chi connectivity index (χ3v) is 3.51. The minimum Gasteiger partial charge on any atom is -0.493 e. The van der Waals surface area contributed by atoms with Crippen molar-refractivity contribution >= 4 is 0 Å². The molecule has 0 saturated heterocycles. The number of nitro groups is 1. The first-order chi connectivity index (χ1) is 9.17. The zero-order chi connectivity index (χ0) is 13.8. The molecule has 1 aliphatic rings. The third kappa shape index (κ3) is 2.70. The summed E-state index contributed by atoms with van der Waals surface area (Å²) in [5.41, 5.74) is 0.920. The van der Waals surface area contributed by atoms with Gasteiger partial charge in [0.2, 0.25) is 6.04 Å². The molecule has 0 heterocycles. The summed E-state index contributed by atoms with van der Waals surface area (Å²) in [6.07, 6.45) is 5.04. The highest BCUT2D eigenvalue weighted by Gasteiger charge is 2.33. The smallest absolute Gasteiger partial charge is 0.223 e. The fourth-order valence-corrected chi connectivity index (χ4v) is 2.47. The van der Waals surface area contributed by atoms with Crippen molar-refractivity contribution in [3.05, 3.63) is 46.0 Å². The highest BCUT2D eigenvalue weighted by atomic mass is 16.6. The van der Waals surface area contributed by atoms with Gasteiger partial charge in [-0.25, -0.2) is 0 Å². The molecule has 1 aromatic rings. The molecule has 0 saturated carbocycles. The van der Waals surface area contributed by atoms with E-state index in [4.69, 9.17) is 9.47 Å². The van der Waals surface area contributed by atoms with Gasteiger partial charge in [0.1, 0.15) is 0 Å². The van der Waals surface area contributed by atoms with E-state index in [1.54, 1.807) is 20.3 Å². The van der Waals surface area contributed by atoms with Crippen LogP contribution in [0.2, 0.25) is 0 Å². The maximum Gasteiger partial charge on any atom is 0.223 e. The molecule has 1 unspecified atom stereocenters. The van der Waals surface area contributed by atoms with Gasteiger partial charge in [-0.1, -0.05) is 18.2 Å². The van der Waals surface area contributed by atoms with Crippen molar-refractivity contribution in [2.45, 2.75) is 24.8 Å². The molecule has 0 spiro atoms. The number of hydrogen-bond donors (Lipinski definition) is 0. The lowest BCUT2D eigenvalue weighted by Crippen LogP contribution is -2.28. The quantitative estimate of drug-likeness (QED) is 0.476. The first-order valence-electron chi connectivity index (χ1n) is 6.17. The summed E-state index contributed by atoms with van der Waals surface area (Å²) in [6, 6.07) is 4.94. The van der Waals surface area contributed by atoms with Crippen LogP contribution in [0.3, 0.4) is 0 Å². The summed E-state index contributed by atoms with van der Waals surface area (Å²) in [6.45, 7) is 0. The Labute approximate surface area is 112 Å². The van der Waals surface area contributed by atoms with E-state index >= 15 is 0 Å². The lowest BCUT2D eigenvalue weighted by atomic mass is 9.83. The number of nitrogens with zero attached hydrogens (tertiary/aromatic N) is 1. The zero-order valence-electron chi connectivity index (χ0n) is 11.0. The largest absolute Gasteiger partial charge is 0.493 e. The number of hydrogen-bond acceptors (Lipinski definition) is 4. The molecule has 0 fully saturated rings. The molecule has 2 atom stereocenters. The van der Waals surface area contributed by atoms with Gasteiger partial charge in [0.15, 0.2) is 11.5 Å². The van der Waals surface area contributed by atoms with Crippen molar-refractivity contribution in [3.8, 4) is 11.5 Å². The summed E-state index contributed by atoms with van der Waals surface area (Å²) in [7, 11) is 3.13. The molecule has 1 aliphatic carbocycles. The lowest BCUT2D eigenvalue weighted by Gasteiger charge is -2.23. The minimum absolute atomic E-state index is 0.111. The maximum atomic E-state index is 11.1. The van der Waals surface area contributed by atoms with E-state index in [0.717, 1.165) is 5.56 Å². The molecule has 1 aromatic carbocycles. The number of ether oxygens (including phenoxy) is 2. The molecule has 0 bridgehead atoms. The minimum atomic E-state index is -0.567. The van der Waals surface area contributed by atoms with E-state index in [2.05, 4.69) is 0 Å². The van der Waals surface area contributed by atoms with Crippen LogP contribution in [0.4, 0.5) is 0 Å². The van der Waals surface area contributed by atoms with Crippen LogP contribution in [-0.4, -0.2) is 25.2 Å². The van der Waals surface area contributed by atoms with Gasteiger partial charge in [-0.05, 0) is 24.1 Å². The summed E-state index contributed by atoms with van der Waals surface area (Å²) < 4.78 is 10.4. The topological polar surface area (TPSA) is 61.6 Å². The third-order valence-electron chi connectivity index (χ3n) is 3.51. The monoisotopic (exact) mass is 263 g/mol. The van der Waals surface area contributed by atoms with Crippen molar-refractivity contribution < 1.29 is 14.4 Å². The van der Waals surface area contributed by atoms with Gasteiger partial charge in [-0.3, -0.25) is 10.1 Å². The zero-order valence-corrected chi connectivity index (χ0v) is 11.0. The van der Waals surface area contributed by atoms with Crippen LogP contribution in [0.1, 0.15) is 24.3 Å². The Morgan fingerprint density at radius 2 is 1.84 bits per heavy atom. The Bertz CT molecular complexity index is 498. The molecule has 0 amide bonds. The second kappa shape index (κ2) is 5.73. The number of benzene rings is 1. The van der Waals surface area contributed by atoms with E-state index in [0.29, 0.717) is 24.3 Å². The van der Waals surface area contributed by atoms with Gasteiger partial charge in [0.25, 0.3) is 0 Å². The predicted molar refractivity (Wildman–Crippen MR) is 71.4 cm³/mol. The molecule has 102 valence electrons. The van der Waals surface area contributed by atoms with Crippen molar-refractivity contribution in [2.24, 2.45) is 0 Å². The molecule has 2 rings (SSSR count). The van der Waals surface area contributed by atoms with Crippen LogP contribution in [0.5, 0.6) is 11.5 Å². The van der Waals surface area contributed by atoms with Gasteiger partial charge in [0, 0.05) is 11.3 Å². The summed E-state index contributed by atoms with van der Waals surface area (Å²) in [5, 5.41) is 11.1. The highest BCUT2D eigenvalue weighted by Crippen LogP contribution is 2.36. The average Bonchev–Trinajstić information content (AvgIpc) is 2.46. The van der Waals surface area contributed by atoms with E-state index in [1.165, 1.54) is 0 Å². The first kappa shape index (κ1) is 13.4. The highest BCUT2D eigenvalue weighted by molar-refractivity contribution is 5.44. The molecular formula is C14H17NO4. The predicted octanol–water partition coefficient (Wildman–Crippen LogP) is 2.78. The van der Waals surface area contributed by atoms with Crippen molar-refractivity contribution in [2.75, 3.05) is 14.2 Å². The van der Waals surface area contributed by atoms with E-state index in [-0.39, 0.29) is 10.8 Å². The van der Waals surface area contributed by atoms with E-state index < -0.39 is 6.04 Å². The SMILES string of the molecule is COc1ccc(C2CC=CC[C@H]2[N+](=O)[O-])cc1OC. The number of allylic oxidation sites excluding steroid dienone is 1. The van der Waals surface area contributed by atoms with Gasteiger partial charge < -0.3 is 9.47 Å². The Morgan fingerprint density at radius 1 is 1.16 bits per heavy atom. The van der Waals surface area contributed by atoms with Crippen LogP contribution in [-0.2, 0) is 0 Å². The normalized spacial score (nSPS) is 22.0. The molecule has 5 nitrogen and oxygen atoms in total. The molecule has 19 heavy (non-hydrogen) atoms. The van der Waals surface area contributed by atoms with E-state index in [9.17, 15) is 10.1 Å². The fraction of sp³-hybridized carbons (Fsp3) is 0.429. The lowest BCUT2D eigenvalue weighted by molar-refractivity contribution is -0.526. The van der Waals surface area contributed by atoms with Crippen LogP contribution < -0.4 is 9.47 Å². The molecular weight excluding hydrogens is 246 g/mol. The Balaban J connectivity index is 2.34. The molecule has 5 heteroatoms. The number of methoxy groups -OCH3 is 2. The summed E-state index contributed by atoms with van der Waals surface area (Å²) >= 11 is 0. The van der Waals surface area contributed by atoms with Crippen molar-refractivity contribution in [3.63, 3.8) is 0 Å². The fourth-order valence-electron chi connectivity index (χ4n) is 2.47. The van der Waals surface area contributed by atoms with Crippen LogP contribution in [0, 0.1) is 10.1 Å². The van der Waals surface area contributed by atoms with Crippen molar-refractivity contribution in [1.82, 2.24) is 0 Å². The van der Waals surface area contributed by atoms with Crippen LogP contribution in [0.15, 0.2) is 30.4 Å². The standard InChI is InChI=1S/C14H17NO4/c1-18-13-8-7-10(9-14(13)19-2)11-5-3-4-6-12(11)15(16)17/h3-4,7-9,11-12H,5-6H2,1-2H3/t11?,12-/m1/s1. The summed E-state index contributed by atoms with van der Waals surface area (Å²) in [4.78, 5) is 10.9. The Kier molecular flexibility index (Phi) is 4.04. The average molecular weight is 263 g/mol. The van der Waals surface area contributed by atoms with Gasteiger partial charge in [-0.15, -0.1) is 0 Å². The number of rotatable bonds is 4.